The predicted molar refractivity (Wildman–Crippen MR) is 80.1 cm³/mol. The van der Waals surface area contributed by atoms with Crippen molar-refractivity contribution in [1.82, 2.24) is 15.1 Å². The van der Waals surface area contributed by atoms with E-state index >= 15 is 0 Å². The van der Waals surface area contributed by atoms with Crippen LogP contribution in [0.4, 0.5) is 0 Å². The van der Waals surface area contributed by atoms with Crippen molar-refractivity contribution in [2.75, 3.05) is 46.8 Å². The van der Waals surface area contributed by atoms with Crippen molar-refractivity contribution in [3.8, 4) is 0 Å². The van der Waals surface area contributed by atoms with E-state index in [-0.39, 0.29) is 0 Å². The van der Waals surface area contributed by atoms with E-state index in [0.29, 0.717) is 6.04 Å². The summed E-state index contributed by atoms with van der Waals surface area (Å²) >= 11 is 0. The summed E-state index contributed by atoms with van der Waals surface area (Å²) in [6.45, 7) is 10.7. The summed E-state index contributed by atoms with van der Waals surface area (Å²) in [6, 6.07) is 0.654. The monoisotopic (exact) mass is 255 g/mol. The first-order chi connectivity index (χ1) is 8.63. The van der Waals surface area contributed by atoms with Gasteiger partial charge in [0.25, 0.3) is 0 Å². The second-order valence-corrected chi connectivity index (χ2v) is 6.09. The Hall–Kier alpha value is -0.120. The van der Waals surface area contributed by atoms with E-state index < -0.39 is 0 Å². The van der Waals surface area contributed by atoms with E-state index in [0.717, 1.165) is 12.5 Å². The molecule has 0 radical (unpaired) electrons. The van der Waals surface area contributed by atoms with E-state index in [1.165, 1.54) is 51.9 Å². The number of nitrogens with zero attached hydrogens (tertiary/aromatic N) is 2. The number of piperidine rings is 1. The van der Waals surface area contributed by atoms with Crippen LogP contribution >= 0.6 is 0 Å². The van der Waals surface area contributed by atoms with Gasteiger partial charge in [-0.05, 0) is 65.8 Å². The Bertz CT molecular complexity index is 200. The molecule has 1 aliphatic heterocycles. The minimum Gasteiger partial charge on any atom is -0.315 e. The van der Waals surface area contributed by atoms with Crippen LogP contribution in [0, 0.1) is 5.92 Å². The van der Waals surface area contributed by atoms with Gasteiger partial charge in [-0.2, -0.15) is 0 Å². The molecule has 0 aromatic rings. The fourth-order valence-electron chi connectivity index (χ4n) is 2.60. The highest BCUT2D eigenvalue weighted by Gasteiger charge is 2.19. The molecule has 1 heterocycles. The molecule has 1 unspecified atom stereocenters. The van der Waals surface area contributed by atoms with Gasteiger partial charge in [0, 0.05) is 19.1 Å². The molecule has 0 amide bonds. The second kappa shape index (κ2) is 8.89. The number of unbranched alkanes of at least 4 members (excludes halogenated alkanes) is 1. The van der Waals surface area contributed by atoms with Gasteiger partial charge in [-0.3, -0.25) is 0 Å². The summed E-state index contributed by atoms with van der Waals surface area (Å²) < 4.78 is 0. The third kappa shape index (κ3) is 6.17. The smallest absolute Gasteiger partial charge is 0.0189 e. The summed E-state index contributed by atoms with van der Waals surface area (Å²) in [7, 11) is 4.52. The zero-order chi connectivity index (χ0) is 13.4. The summed E-state index contributed by atoms with van der Waals surface area (Å²) in [6.07, 6.45) is 5.33. The maximum Gasteiger partial charge on any atom is 0.0189 e. The highest BCUT2D eigenvalue weighted by Crippen LogP contribution is 2.17. The number of nitrogens with one attached hydrogen (secondary N) is 1. The van der Waals surface area contributed by atoms with Crippen LogP contribution in [0.3, 0.4) is 0 Å². The highest BCUT2D eigenvalue weighted by atomic mass is 15.2. The topological polar surface area (TPSA) is 18.5 Å². The lowest BCUT2D eigenvalue weighted by Crippen LogP contribution is -2.42. The molecule has 18 heavy (non-hydrogen) atoms. The molecule has 1 atom stereocenters. The van der Waals surface area contributed by atoms with Crippen molar-refractivity contribution >= 4 is 0 Å². The summed E-state index contributed by atoms with van der Waals surface area (Å²) in [5.74, 6) is 0.907. The molecular weight excluding hydrogens is 222 g/mol. The van der Waals surface area contributed by atoms with Crippen molar-refractivity contribution in [2.45, 2.75) is 45.6 Å². The van der Waals surface area contributed by atoms with Gasteiger partial charge in [-0.15, -0.1) is 0 Å². The van der Waals surface area contributed by atoms with Gasteiger partial charge in [-0.1, -0.05) is 13.3 Å². The lowest BCUT2D eigenvalue weighted by atomic mass is 9.96. The van der Waals surface area contributed by atoms with Crippen LogP contribution in [0.1, 0.15) is 39.5 Å². The van der Waals surface area contributed by atoms with Gasteiger partial charge in [-0.25, -0.2) is 0 Å². The number of likely N-dealkylation sites (tertiary alicyclic amines) is 1. The minimum atomic E-state index is 0.654. The van der Waals surface area contributed by atoms with Gasteiger partial charge in [0.05, 0.1) is 0 Å². The molecule has 1 rings (SSSR count). The Balaban J connectivity index is 2.12. The van der Waals surface area contributed by atoms with Crippen molar-refractivity contribution < 1.29 is 0 Å². The molecule has 1 aliphatic rings. The third-order valence-electron chi connectivity index (χ3n) is 4.28. The SMILES string of the molecule is CCCCNCC(C)N(C)CC1CCN(C)CC1. The Morgan fingerprint density at radius 1 is 1.33 bits per heavy atom. The zero-order valence-corrected chi connectivity index (χ0v) is 12.9. The van der Waals surface area contributed by atoms with Crippen molar-refractivity contribution in [3.63, 3.8) is 0 Å². The lowest BCUT2D eigenvalue weighted by molar-refractivity contribution is 0.153. The maximum absolute atomic E-state index is 3.56. The fourth-order valence-corrected chi connectivity index (χ4v) is 2.60. The largest absolute Gasteiger partial charge is 0.315 e. The molecule has 1 fully saturated rings. The number of rotatable bonds is 8. The molecule has 3 heteroatoms. The normalized spacial score (nSPS) is 20.5. The summed E-state index contributed by atoms with van der Waals surface area (Å²) in [5, 5.41) is 3.56. The Morgan fingerprint density at radius 3 is 2.61 bits per heavy atom. The van der Waals surface area contributed by atoms with Crippen molar-refractivity contribution in [3.05, 3.63) is 0 Å². The Morgan fingerprint density at radius 2 is 2.00 bits per heavy atom. The van der Waals surface area contributed by atoms with Gasteiger partial charge in [0.15, 0.2) is 0 Å². The van der Waals surface area contributed by atoms with Gasteiger partial charge < -0.3 is 15.1 Å². The first-order valence-electron chi connectivity index (χ1n) is 7.73. The molecule has 3 nitrogen and oxygen atoms in total. The van der Waals surface area contributed by atoms with E-state index in [2.05, 4.69) is 43.1 Å². The first-order valence-corrected chi connectivity index (χ1v) is 7.73. The maximum atomic E-state index is 3.56. The third-order valence-corrected chi connectivity index (χ3v) is 4.28. The van der Waals surface area contributed by atoms with Crippen LogP contribution in [0.25, 0.3) is 0 Å². The van der Waals surface area contributed by atoms with Crippen LogP contribution in [-0.4, -0.2) is 62.7 Å². The standard InChI is InChI=1S/C15H33N3/c1-5-6-9-16-12-14(2)18(4)13-15-7-10-17(3)11-8-15/h14-16H,5-13H2,1-4H3. The molecular formula is C15H33N3. The predicted octanol–water partition coefficient (Wildman–Crippen LogP) is 2.04. The van der Waals surface area contributed by atoms with Crippen LogP contribution < -0.4 is 5.32 Å². The minimum absolute atomic E-state index is 0.654. The first kappa shape index (κ1) is 15.9. The summed E-state index contributed by atoms with van der Waals surface area (Å²) in [4.78, 5) is 4.99. The van der Waals surface area contributed by atoms with Gasteiger partial charge in [0.1, 0.15) is 0 Å². The Labute approximate surface area is 114 Å². The molecule has 0 aromatic heterocycles. The van der Waals surface area contributed by atoms with E-state index in [9.17, 15) is 0 Å². The van der Waals surface area contributed by atoms with Gasteiger partial charge >= 0.3 is 0 Å². The average Bonchev–Trinajstić information content (AvgIpc) is 2.37. The molecule has 0 bridgehead atoms. The van der Waals surface area contributed by atoms with E-state index in [4.69, 9.17) is 0 Å². The second-order valence-electron chi connectivity index (χ2n) is 6.09. The highest BCUT2D eigenvalue weighted by molar-refractivity contribution is 4.75. The summed E-state index contributed by atoms with van der Waals surface area (Å²) in [5.41, 5.74) is 0. The van der Waals surface area contributed by atoms with Crippen LogP contribution in [0.15, 0.2) is 0 Å². The molecule has 0 saturated carbocycles. The average molecular weight is 255 g/mol. The quantitative estimate of drug-likeness (QED) is 0.670. The molecule has 0 aromatic carbocycles. The van der Waals surface area contributed by atoms with Crippen molar-refractivity contribution in [2.24, 2.45) is 5.92 Å². The fraction of sp³-hybridized carbons (Fsp3) is 1.00. The zero-order valence-electron chi connectivity index (χ0n) is 12.9. The molecule has 1 N–H and O–H groups in total. The van der Waals surface area contributed by atoms with E-state index in [1.54, 1.807) is 0 Å². The van der Waals surface area contributed by atoms with Gasteiger partial charge in [0.2, 0.25) is 0 Å². The van der Waals surface area contributed by atoms with E-state index in [1.807, 2.05) is 0 Å². The van der Waals surface area contributed by atoms with Crippen LogP contribution in [-0.2, 0) is 0 Å². The molecule has 108 valence electrons. The molecule has 0 spiro atoms. The van der Waals surface area contributed by atoms with Crippen LogP contribution in [0.5, 0.6) is 0 Å². The Kier molecular flexibility index (Phi) is 7.87. The lowest BCUT2D eigenvalue weighted by Gasteiger charge is -2.34. The van der Waals surface area contributed by atoms with Crippen molar-refractivity contribution in [1.29, 1.82) is 0 Å². The molecule has 0 aliphatic carbocycles. The molecule has 1 saturated heterocycles. The number of likely N-dealkylation sites (N-methyl/N-ethyl adjacent to an activating group) is 1. The number of hydrogen-bond acceptors (Lipinski definition) is 3. The number of hydrogen-bond donors (Lipinski definition) is 1. The van der Waals surface area contributed by atoms with Crippen LogP contribution in [0.2, 0.25) is 0 Å².